The Labute approximate surface area is 170 Å². The van der Waals surface area contributed by atoms with Crippen molar-refractivity contribution in [1.29, 1.82) is 0 Å². The number of nitrogens with one attached hydrogen (secondary N) is 1. The first-order chi connectivity index (χ1) is 13.7. The molecule has 2 rings (SSSR count). The van der Waals surface area contributed by atoms with E-state index in [4.69, 9.17) is 9.57 Å². The third-order valence-corrected chi connectivity index (χ3v) is 5.96. The summed E-state index contributed by atoms with van der Waals surface area (Å²) >= 11 is 0. The maximum Gasteiger partial charge on any atom is 0.338 e. The van der Waals surface area contributed by atoms with Crippen molar-refractivity contribution in [2.24, 2.45) is 0 Å². The molecule has 0 aliphatic carbocycles. The van der Waals surface area contributed by atoms with Gasteiger partial charge in [0.25, 0.3) is 15.9 Å². The van der Waals surface area contributed by atoms with E-state index in [2.05, 4.69) is 5.32 Å². The maximum atomic E-state index is 12.3. The zero-order chi connectivity index (χ0) is 21.6. The zero-order valence-corrected chi connectivity index (χ0v) is 17.5. The Balaban J connectivity index is 2.00. The van der Waals surface area contributed by atoms with Gasteiger partial charge in [-0.05, 0) is 55.3 Å². The standard InChI is InChI=1S/C20H24N2O6S/c1-5-15-6-10-17(11-7-15)21-19(23)14(2)28-20(24)16-8-12-18(13-9-16)29(25,26)22(3)27-4/h6-14H,5H2,1-4H3,(H,21,23)/t14-/m1/s1. The van der Waals surface area contributed by atoms with Gasteiger partial charge in [-0.3, -0.25) is 9.63 Å². The smallest absolute Gasteiger partial charge is 0.338 e. The lowest BCUT2D eigenvalue weighted by Crippen LogP contribution is -2.30. The van der Waals surface area contributed by atoms with Crippen molar-refractivity contribution < 1.29 is 27.6 Å². The maximum absolute atomic E-state index is 12.3. The molecule has 8 nitrogen and oxygen atoms in total. The van der Waals surface area contributed by atoms with E-state index in [0.717, 1.165) is 12.0 Å². The predicted octanol–water partition coefficient (Wildman–Crippen LogP) is 2.61. The highest BCUT2D eigenvalue weighted by molar-refractivity contribution is 7.89. The van der Waals surface area contributed by atoms with Crippen LogP contribution < -0.4 is 5.32 Å². The van der Waals surface area contributed by atoms with Crippen LogP contribution in [0, 0.1) is 0 Å². The quantitative estimate of drug-likeness (QED) is 0.520. The number of carbonyl (C=O) groups is 2. The number of hydrogen-bond donors (Lipinski definition) is 1. The largest absolute Gasteiger partial charge is 0.449 e. The average molecular weight is 420 g/mol. The number of aryl methyl sites for hydroxylation is 1. The molecule has 0 saturated carbocycles. The summed E-state index contributed by atoms with van der Waals surface area (Å²) in [5, 5.41) is 2.68. The van der Waals surface area contributed by atoms with Crippen LogP contribution in [-0.2, 0) is 30.8 Å². The fourth-order valence-electron chi connectivity index (χ4n) is 2.36. The van der Waals surface area contributed by atoms with Crippen molar-refractivity contribution in [1.82, 2.24) is 4.47 Å². The lowest BCUT2D eigenvalue weighted by Gasteiger charge is -2.15. The van der Waals surface area contributed by atoms with Crippen LogP contribution in [0.2, 0.25) is 0 Å². The van der Waals surface area contributed by atoms with E-state index in [1.165, 1.54) is 45.3 Å². The number of nitrogens with zero attached hydrogens (tertiary/aromatic N) is 1. The molecule has 1 atom stereocenters. The Bertz CT molecular complexity index is 955. The number of esters is 1. The Kier molecular flexibility index (Phi) is 7.49. The van der Waals surface area contributed by atoms with Crippen molar-refractivity contribution in [2.75, 3.05) is 19.5 Å². The second kappa shape index (κ2) is 9.64. The Morgan fingerprint density at radius 2 is 1.66 bits per heavy atom. The second-order valence-electron chi connectivity index (χ2n) is 6.21. The molecule has 156 valence electrons. The van der Waals surface area contributed by atoms with E-state index in [9.17, 15) is 18.0 Å². The molecule has 1 amide bonds. The number of rotatable bonds is 8. The average Bonchev–Trinajstić information content (AvgIpc) is 2.73. The molecular weight excluding hydrogens is 396 g/mol. The van der Waals surface area contributed by atoms with Crippen molar-refractivity contribution in [3.8, 4) is 0 Å². The molecule has 0 fully saturated rings. The molecular formula is C20H24N2O6S. The van der Waals surface area contributed by atoms with Gasteiger partial charge in [-0.15, -0.1) is 0 Å². The van der Waals surface area contributed by atoms with Crippen molar-refractivity contribution >= 4 is 27.6 Å². The van der Waals surface area contributed by atoms with Crippen LogP contribution >= 0.6 is 0 Å². The predicted molar refractivity (Wildman–Crippen MR) is 108 cm³/mol. The highest BCUT2D eigenvalue weighted by Gasteiger charge is 2.22. The van der Waals surface area contributed by atoms with Gasteiger partial charge in [0.15, 0.2) is 6.10 Å². The van der Waals surface area contributed by atoms with Crippen LogP contribution in [-0.4, -0.2) is 45.0 Å². The van der Waals surface area contributed by atoms with Crippen LogP contribution in [0.3, 0.4) is 0 Å². The molecule has 2 aromatic carbocycles. The lowest BCUT2D eigenvalue weighted by molar-refractivity contribution is -0.123. The molecule has 0 bridgehead atoms. The number of anilines is 1. The number of carbonyl (C=O) groups excluding carboxylic acids is 2. The fourth-order valence-corrected chi connectivity index (χ4v) is 3.33. The van der Waals surface area contributed by atoms with Gasteiger partial charge in [0.1, 0.15) is 0 Å². The molecule has 2 aromatic rings. The minimum atomic E-state index is -3.81. The van der Waals surface area contributed by atoms with Crippen molar-refractivity contribution in [3.63, 3.8) is 0 Å². The highest BCUT2D eigenvalue weighted by atomic mass is 32.2. The molecule has 0 saturated heterocycles. The molecule has 0 unspecified atom stereocenters. The summed E-state index contributed by atoms with van der Waals surface area (Å²) < 4.78 is 30.2. The number of sulfonamides is 1. The van der Waals surface area contributed by atoms with Gasteiger partial charge in [-0.2, -0.15) is 0 Å². The zero-order valence-electron chi connectivity index (χ0n) is 16.7. The Morgan fingerprint density at radius 3 is 2.17 bits per heavy atom. The van der Waals surface area contributed by atoms with Gasteiger partial charge in [0.05, 0.1) is 17.6 Å². The summed E-state index contributed by atoms with van der Waals surface area (Å²) in [6.07, 6.45) is -0.138. The number of hydrogen-bond acceptors (Lipinski definition) is 6. The minimum Gasteiger partial charge on any atom is -0.449 e. The molecule has 29 heavy (non-hydrogen) atoms. The third kappa shape index (κ3) is 5.63. The van der Waals surface area contributed by atoms with Crippen LogP contribution in [0.4, 0.5) is 5.69 Å². The van der Waals surface area contributed by atoms with E-state index < -0.39 is 28.0 Å². The summed E-state index contributed by atoms with van der Waals surface area (Å²) in [4.78, 5) is 29.2. The fraction of sp³-hybridized carbons (Fsp3) is 0.300. The van der Waals surface area contributed by atoms with E-state index in [0.29, 0.717) is 10.2 Å². The molecule has 0 radical (unpaired) electrons. The summed E-state index contributed by atoms with van der Waals surface area (Å²) in [5.74, 6) is -1.21. The summed E-state index contributed by atoms with van der Waals surface area (Å²) in [6.45, 7) is 3.49. The third-order valence-electron chi connectivity index (χ3n) is 4.27. The molecule has 0 aromatic heterocycles. The number of ether oxygens (including phenoxy) is 1. The van der Waals surface area contributed by atoms with Gasteiger partial charge in [-0.25, -0.2) is 13.2 Å². The molecule has 0 spiro atoms. The Hall–Kier alpha value is -2.75. The van der Waals surface area contributed by atoms with Crippen LogP contribution in [0.25, 0.3) is 0 Å². The van der Waals surface area contributed by atoms with Gasteiger partial charge >= 0.3 is 5.97 Å². The molecule has 0 aliphatic heterocycles. The van der Waals surface area contributed by atoms with Crippen LogP contribution in [0.15, 0.2) is 53.4 Å². The molecule has 9 heteroatoms. The number of amides is 1. The normalized spacial score (nSPS) is 12.4. The monoisotopic (exact) mass is 420 g/mol. The molecule has 0 heterocycles. The van der Waals surface area contributed by atoms with Crippen LogP contribution in [0.5, 0.6) is 0 Å². The minimum absolute atomic E-state index is 0.0419. The van der Waals surface area contributed by atoms with Gasteiger partial charge in [0, 0.05) is 12.7 Å². The highest BCUT2D eigenvalue weighted by Crippen LogP contribution is 2.16. The number of hydroxylamine groups is 1. The van der Waals surface area contributed by atoms with Gasteiger partial charge < -0.3 is 10.1 Å². The Morgan fingerprint density at radius 1 is 1.07 bits per heavy atom. The first-order valence-corrected chi connectivity index (χ1v) is 10.4. The first kappa shape index (κ1) is 22.5. The molecule has 0 aliphatic rings. The van der Waals surface area contributed by atoms with E-state index >= 15 is 0 Å². The lowest BCUT2D eigenvalue weighted by atomic mass is 10.1. The van der Waals surface area contributed by atoms with Crippen LogP contribution in [0.1, 0.15) is 29.8 Å². The topological polar surface area (TPSA) is 102 Å². The summed E-state index contributed by atoms with van der Waals surface area (Å²) in [6, 6.07) is 12.5. The molecule has 1 N–H and O–H groups in total. The second-order valence-corrected chi connectivity index (χ2v) is 8.14. The van der Waals surface area contributed by atoms with Gasteiger partial charge in [0.2, 0.25) is 0 Å². The summed E-state index contributed by atoms with van der Waals surface area (Å²) in [5.41, 5.74) is 1.87. The first-order valence-electron chi connectivity index (χ1n) is 8.93. The van der Waals surface area contributed by atoms with Crippen molar-refractivity contribution in [3.05, 3.63) is 59.7 Å². The van der Waals surface area contributed by atoms with E-state index in [1.807, 2.05) is 19.1 Å². The van der Waals surface area contributed by atoms with E-state index in [1.54, 1.807) is 12.1 Å². The van der Waals surface area contributed by atoms with Crippen molar-refractivity contribution in [2.45, 2.75) is 31.3 Å². The number of benzene rings is 2. The summed E-state index contributed by atoms with van der Waals surface area (Å²) in [7, 11) is -1.33. The SMILES string of the molecule is CCc1ccc(NC(=O)[C@@H](C)OC(=O)c2ccc(S(=O)(=O)N(C)OC)cc2)cc1. The van der Waals surface area contributed by atoms with E-state index in [-0.39, 0.29) is 10.5 Å². The van der Waals surface area contributed by atoms with Gasteiger partial charge in [-0.1, -0.05) is 23.5 Å².